The first kappa shape index (κ1) is 19.3. The number of ether oxygens (including phenoxy) is 2. The van der Waals surface area contributed by atoms with Gasteiger partial charge in [-0.2, -0.15) is 0 Å². The zero-order valence-corrected chi connectivity index (χ0v) is 17.2. The number of aromatic nitrogens is 3. The first-order chi connectivity index (χ1) is 14.1. The maximum atomic E-state index is 12.4. The fourth-order valence-corrected chi connectivity index (χ4v) is 3.78. The average Bonchev–Trinajstić information content (AvgIpc) is 2.92. The molecule has 0 aliphatic carbocycles. The molecule has 0 saturated carbocycles. The van der Waals surface area contributed by atoms with Crippen molar-refractivity contribution in [3.8, 4) is 22.9 Å². The SMILES string of the molecule is Cc1ccccc1-c1nnc(SCC(=O)Nc2ccc3c(c2)OCCCO3)n1C. The molecule has 1 aliphatic heterocycles. The number of nitrogens with zero attached hydrogens (tertiary/aromatic N) is 3. The van der Waals surface area contributed by atoms with Gasteiger partial charge in [0.05, 0.1) is 19.0 Å². The quantitative estimate of drug-likeness (QED) is 0.647. The first-order valence-corrected chi connectivity index (χ1v) is 10.4. The number of hydrogen-bond acceptors (Lipinski definition) is 6. The highest BCUT2D eigenvalue weighted by Gasteiger charge is 2.15. The summed E-state index contributed by atoms with van der Waals surface area (Å²) < 4.78 is 13.2. The molecule has 2 heterocycles. The normalized spacial score (nSPS) is 13.0. The summed E-state index contributed by atoms with van der Waals surface area (Å²) in [5, 5.41) is 12.1. The Morgan fingerprint density at radius 2 is 1.93 bits per heavy atom. The van der Waals surface area contributed by atoms with Gasteiger partial charge in [0, 0.05) is 30.8 Å². The third-order valence-corrected chi connectivity index (χ3v) is 5.60. The maximum Gasteiger partial charge on any atom is 0.234 e. The van der Waals surface area contributed by atoms with E-state index < -0.39 is 0 Å². The van der Waals surface area contributed by atoms with Crippen LogP contribution in [0.25, 0.3) is 11.4 Å². The minimum Gasteiger partial charge on any atom is -0.490 e. The molecule has 0 atom stereocenters. The Labute approximate surface area is 173 Å². The molecular weight excluding hydrogens is 388 g/mol. The van der Waals surface area contributed by atoms with Gasteiger partial charge in [-0.05, 0) is 24.6 Å². The largest absolute Gasteiger partial charge is 0.490 e. The summed E-state index contributed by atoms with van der Waals surface area (Å²) in [6.07, 6.45) is 0.842. The second-order valence-corrected chi connectivity index (χ2v) is 7.67. The van der Waals surface area contributed by atoms with Crippen LogP contribution in [0.4, 0.5) is 5.69 Å². The van der Waals surface area contributed by atoms with Gasteiger partial charge in [0.1, 0.15) is 0 Å². The van der Waals surface area contributed by atoms with E-state index in [1.807, 2.05) is 54.9 Å². The summed E-state index contributed by atoms with van der Waals surface area (Å²) in [6.45, 7) is 3.28. The second kappa shape index (κ2) is 8.57. The van der Waals surface area contributed by atoms with Crippen LogP contribution in [0.15, 0.2) is 47.6 Å². The van der Waals surface area contributed by atoms with E-state index >= 15 is 0 Å². The van der Waals surface area contributed by atoms with E-state index in [0.29, 0.717) is 35.6 Å². The predicted molar refractivity (Wildman–Crippen MR) is 113 cm³/mol. The Hall–Kier alpha value is -3.00. The maximum absolute atomic E-state index is 12.4. The van der Waals surface area contributed by atoms with Gasteiger partial charge in [0.15, 0.2) is 22.5 Å². The van der Waals surface area contributed by atoms with Crippen molar-refractivity contribution in [2.24, 2.45) is 7.05 Å². The molecule has 3 aromatic rings. The third kappa shape index (κ3) is 4.37. The van der Waals surface area contributed by atoms with Crippen LogP contribution in [0, 0.1) is 6.92 Å². The Morgan fingerprint density at radius 1 is 1.14 bits per heavy atom. The smallest absolute Gasteiger partial charge is 0.234 e. The lowest BCUT2D eigenvalue weighted by atomic mass is 10.1. The van der Waals surface area contributed by atoms with Gasteiger partial charge in [-0.3, -0.25) is 4.79 Å². The van der Waals surface area contributed by atoms with E-state index in [1.54, 1.807) is 6.07 Å². The summed E-state index contributed by atoms with van der Waals surface area (Å²) in [5.41, 5.74) is 2.84. The molecule has 0 saturated heterocycles. The third-order valence-electron chi connectivity index (χ3n) is 4.58. The standard InChI is InChI=1S/C21H22N4O3S/c1-14-6-3-4-7-16(14)20-23-24-21(25(20)2)29-13-19(26)22-15-8-9-17-18(12-15)28-11-5-10-27-17/h3-4,6-9,12H,5,10-11,13H2,1-2H3,(H,22,26). The Bertz CT molecular complexity index is 1030. The van der Waals surface area contributed by atoms with Crippen LogP contribution in [-0.4, -0.2) is 39.6 Å². The molecule has 0 unspecified atom stereocenters. The van der Waals surface area contributed by atoms with E-state index in [0.717, 1.165) is 23.4 Å². The molecule has 1 N–H and O–H groups in total. The van der Waals surface area contributed by atoms with Crippen molar-refractivity contribution in [3.05, 3.63) is 48.0 Å². The molecule has 4 rings (SSSR count). The van der Waals surface area contributed by atoms with Crippen LogP contribution in [-0.2, 0) is 11.8 Å². The molecule has 2 aromatic carbocycles. The van der Waals surface area contributed by atoms with Crippen LogP contribution >= 0.6 is 11.8 Å². The molecule has 7 nitrogen and oxygen atoms in total. The molecule has 1 aliphatic rings. The first-order valence-electron chi connectivity index (χ1n) is 9.39. The van der Waals surface area contributed by atoms with Gasteiger partial charge in [-0.1, -0.05) is 36.0 Å². The zero-order valence-electron chi connectivity index (χ0n) is 16.3. The summed E-state index contributed by atoms with van der Waals surface area (Å²) in [5.74, 6) is 2.26. The number of fused-ring (bicyclic) bond motifs is 1. The van der Waals surface area contributed by atoms with E-state index in [4.69, 9.17) is 9.47 Å². The molecule has 29 heavy (non-hydrogen) atoms. The van der Waals surface area contributed by atoms with Gasteiger partial charge in [0.2, 0.25) is 5.91 Å². The molecular formula is C21H22N4O3S. The van der Waals surface area contributed by atoms with Crippen molar-refractivity contribution in [2.45, 2.75) is 18.5 Å². The number of benzene rings is 2. The zero-order chi connectivity index (χ0) is 20.2. The fourth-order valence-electron chi connectivity index (χ4n) is 3.07. The molecule has 0 spiro atoms. The van der Waals surface area contributed by atoms with Crippen LogP contribution in [0.5, 0.6) is 11.5 Å². The van der Waals surface area contributed by atoms with E-state index in [1.165, 1.54) is 11.8 Å². The van der Waals surface area contributed by atoms with Gasteiger partial charge >= 0.3 is 0 Å². The fraction of sp³-hybridized carbons (Fsp3) is 0.286. The van der Waals surface area contributed by atoms with Gasteiger partial charge < -0.3 is 19.4 Å². The number of hydrogen-bond donors (Lipinski definition) is 1. The lowest BCUT2D eigenvalue weighted by Crippen LogP contribution is -2.14. The Balaban J connectivity index is 1.39. The highest BCUT2D eigenvalue weighted by Crippen LogP contribution is 2.32. The van der Waals surface area contributed by atoms with E-state index in [2.05, 4.69) is 15.5 Å². The highest BCUT2D eigenvalue weighted by atomic mass is 32.2. The molecule has 1 aromatic heterocycles. The Morgan fingerprint density at radius 3 is 2.76 bits per heavy atom. The van der Waals surface area contributed by atoms with Gasteiger partial charge in [-0.15, -0.1) is 10.2 Å². The molecule has 0 fully saturated rings. The molecule has 0 bridgehead atoms. The topological polar surface area (TPSA) is 78.3 Å². The van der Waals surface area contributed by atoms with E-state index in [9.17, 15) is 4.79 Å². The number of thioether (sulfide) groups is 1. The van der Waals surface area contributed by atoms with Crippen molar-refractivity contribution in [1.82, 2.24) is 14.8 Å². The number of rotatable bonds is 5. The minimum absolute atomic E-state index is 0.120. The van der Waals surface area contributed by atoms with Crippen molar-refractivity contribution < 1.29 is 14.3 Å². The van der Waals surface area contributed by atoms with Crippen LogP contribution < -0.4 is 14.8 Å². The van der Waals surface area contributed by atoms with E-state index in [-0.39, 0.29) is 11.7 Å². The average molecular weight is 410 g/mol. The van der Waals surface area contributed by atoms with Crippen molar-refractivity contribution >= 4 is 23.4 Å². The van der Waals surface area contributed by atoms with Gasteiger partial charge in [-0.25, -0.2) is 0 Å². The number of aryl methyl sites for hydroxylation is 1. The van der Waals surface area contributed by atoms with Crippen molar-refractivity contribution in [2.75, 3.05) is 24.3 Å². The second-order valence-electron chi connectivity index (χ2n) is 6.73. The lowest BCUT2D eigenvalue weighted by molar-refractivity contribution is -0.113. The minimum atomic E-state index is -0.120. The highest BCUT2D eigenvalue weighted by molar-refractivity contribution is 7.99. The monoisotopic (exact) mass is 410 g/mol. The number of nitrogens with one attached hydrogen (secondary N) is 1. The number of anilines is 1. The summed E-state index contributed by atoms with van der Waals surface area (Å²) in [7, 11) is 1.91. The van der Waals surface area contributed by atoms with Crippen molar-refractivity contribution in [3.63, 3.8) is 0 Å². The lowest BCUT2D eigenvalue weighted by Gasteiger charge is -2.10. The van der Waals surface area contributed by atoms with Crippen LogP contribution in [0.3, 0.4) is 0 Å². The summed E-state index contributed by atoms with van der Waals surface area (Å²) >= 11 is 1.35. The number of amides is 1. The van der Waals surface area contributed by atoms with Crippen LogP contribution in [0.1, 0.15) is 12.0 Å². The molecule has 0 radical (unpaired) electrons. The molecule has 1 amide bonds. The predicted octanol–water partition coefficient (Wildman–Crippen LogP) is 3.68. The Kier molecular flexibility index (Phi) is 5.71. The molecule has 150 valence electrons. The van der Waals surface area contributed by atoms with Crippen LogP contribution in [0.2, 0.25) is 0 Å². The number of carbonyl (C=O) groups is 1. The molecule has 8 heteroatoms. The van der Waals surface area contributed by atoms with Gasteiger partial charge in [0.25, 0.3) is 0 Å². The number of carbonyl (C=O) groups excluding carboxylic acids is 1. The summed E-state index contributed by atoms with van der Waals surface area (Å²) in [4.78, 5) is 12.4. The van der Waals surface area contributed by atoms with Crippen molar-refractivity contribution in [1.29, 1.82) is 0 Å². The summed E-state index contributed by atoms with van der Waals surface area (Å²) in [6, 6.07) is 13.5.